The Labute approximate surface area is 200 Å². The highest BCUT2D eigenvalue weighted by Gasteiger charge is 2.17. The summed E-state index contributed by atoms with van der Waals surface area (Å²) in [6, 6.07) is 11.1. The van der Waals surface area contributed by atoms with Crippen LogP contribution in [0.3, 0.4) is 0 Å². The summed E-state index contributed by atoms with van der Waals surface area (Å²) in [5.74, 6) is 1.28. The fraction of sp³-hybridized carbons (Fsp3) is 0.423. The van der Waals surface area contributed by atoms with Gasteiger partial charge in [-0.3, -0.25) is 9.59 Å². The zero-order valence-electron chi connectivity index (χ0n) is 20.1. The highest BCUT2D eigenvalue weighted by atomic mass is 16.5. The van der Waals surface area contributed by atoms with E-state index in [1.165, 1.54) is 12.6 Å². The van der Waals surface area contributed by atoms with Gasteiger partial charge in [-0.25, -0.2) is 5.43 Å². The Balaban J connectivity index is 1.52. The molecule has 1 fully saturated rings. The first kappa shape index (κ1) is 25.1. The number of hydrogen-bond acceptors (Lipinski definition) is 6. The molecule has 8 heteroatoms. The SMILES string of the molecule is CCOc1cc(/C=N/NC(=O)COc2cc(C)cc(C)c2)ccc1OCC(=O)N1CCCCC1. The van der Waals surface area contributed by atoms with Crippen molar-refractivity contribution >= 4 is 18.0 Å². The van der Waals surface area contributed by atoms with Crippen molar-refractivity contribution in [3.8, 4) is 17.2 Å². The van der Waals surface area contributed by atoms with Crippen LogP contribution in [0.1, 0.15) is 42.9 Å². The van der Waals surface area contributed by atoms with Crippen molar-refractivity contribution in [1.29, 1.82) is 0 Å². The summed E-state index contributed by atoms with van der Waals surface area (Å²) < 4.78 is 17.0. The van der Waals surface area contributed by atoms with Gasteiger partial charge < -0.3 is 19.1 Å². The number of carbonyl (C=O) groups excluding carboxylic acids is 2. The predicted molar refractivity (Wildman–Crippen MR) is 131 cm³/mol. The van der Waals surface area contributed by atoms with Gasteiger partial charge in [0.1, 0.15) is 5.75 Å². The number of hydrazone groups is 1. The number of aryl methyl sites for hydroxylation is 2. The van der Waals surface area contributed by atoms with Gasteiger partial charge in [-0.05, 0) is 87.1 Å². The third kappa shape index (κ3) is 7.79. The summed E-state index contributed by atoms with van der Waals surface area (Å²) in [7, 11) is 0. The van der Waals surface area contributed by atoms with E-state index in [9.17, 15) is 9.59 Å². The molecule has 8 nitrogen and oxygen atoms in total. The molecule has 0 bridgehead atoms. The summed E-state index contributed by atoms with van der Waals surface area (Å²) in [4.78, 5) is 26.3. The Morgan fingerprint density at radius 2 is 1.68 bits per heavy atom. The van der Waals surface area contributed by atoms with E-state index >= 15 is 0 Å². The fourth-order valence-electron chi connectivity index (χ4n) is 3.74. The monoisotopic (exact) mass is 467 g/mol. The summed E-state index contributed by atoms with van der Waals surface area (Å²) in [6.45, 7) is 7.69. The molecule has 3 rings (SSSR count). The molecule has 0 atom stereocenters. The van der Waals surface area contributed by atoms with E-state index < -0.39 is 0 Å². The van der Waals surface area contributed by atoms with Crippen molar-refractivity contribution in [2.45, 2.75) is 40.0 Å². The Bertz CT molecular complexity index is 995. The number of benzene rings is 2. The van der Waals surface area contributed by atoms with Crippen LogP contribution < -0.4 is 19.6 Å². The van der Waals surface area contributed by atoms with Gasteiger partial charge in [0.15, 0.2) is 24.7 Å². The van der Waals surface area contributed by atoms with Crippen LogP contribution in [-0.4, -0.2) is 55.8 Å². The van der Waals surface area contributed by atoms with E-state index in [4.69, 9.17) is 14.2 Å². The van der Waals surface area contributed by atoms with E-state index in [2.05, 4.69) is 10.5 Å². The Kier molecular flexibility index (Phi) is 9.31. The number of amides is 2. The quantitative estimate of drug-likeness (QED) is 0.426. The lowest BCUT2D eigenvalue weighted by atomic mass is 10.1. The molecule has 1 heterocycles. The van der Waals surface area contributed by atoms with E-state index in [0.29, 0.717) is 29.4 Å². The summed E-state index contributed by atoms with van der Waals surface area (Å²) >= 11 is 0. The first-order valence-corrected chi connectivity index (χ1v) is 11.6. The number of nitrogens with zero attached hydrogens (tertiary/aromatic N) is 2. The molecular weight excluding hydrogens is 434 g/mol. The molecule has 1 N–H and O–H groups in total. The Morgan fingerprint density at radius 1 is 0.941 bits per heavy atom. The number of ether oxygens (including phenoxy) is 3. The van der Waals surface area contributed by atoms with Crippen molar-refractivity contribution in [3.05, 3.63) is 53.1 Å². The Morgan fingerprint density at radius 3 is 2.38 bits per heavy atom. The number of nitrogens with one attached hydrogen (secondary N) is 1. The van der Waals surface area contributed by atoms with Crippen LogP contribution in [0.15, 0.2) is 41.5 Å². The van der Waals surface area contributed by atoms with Crippen LogP contribution in [0.5, 0.6) is 17.2 Å². The molecule has 0 unspecified atom stereocenters. The molecular formula is C26H33N3O5. The van der Waals surface area contributed by atoms with E-state index in [-0.39, 0.29) is 25.0 Å². The third-order valence-corrected chi connectivity index (χ3v) is 5.30. The minimum absolute atomic E-state index is 0.0152. The highest BCUT2D eigenvalue weighted by molar-refractivity contribution is 5.84. The minimum Gasteiger partial charge on any atom is -0.490 e. The number of rotatable bonds is 10. The van der Waals surface area contributed by atoms with E-state index in [1.807, 2.05) is 43.9 Å². The largest absolute Gasteiger partial charge is 0.490 e. The van der Waals surface area contributed by atoms with Crippen molar-refractivity contribution in [3.63, 3.8) is 0 Å². The van der Waals surface area contributed by atoms with Crippen molar-refractivity contribution in [2.75, 3.05) is 32.9 Å². The third-order valence-electron chi connectivity index (χ3n) is 5.30. The van der Waals surface area contributed by atoms with Gasteiger partial charge in [0.2, 0.25) is 0 Å². The van der Waals surface area contributed by atoms with Crippen molar-refractivity contribution in [1.82, 2.24) is 10.3 Å². The van der Waals surface area contributed by atoms with Crippen molar-refractivity contribution < 1.29 is 23.8 Å². The molecule has 182 valence electrons. The standard InChI is InChI=1S/C26H33N3O5/c1-4-32-24-15-21(8-9-23(24)34-18-26(31)29-10-6-5-7-11-29)16-27-28-25(30)17-33-22-13-19(2)12-20(3)14-22/h8-9,12-16H,4-7,10-11,17-18H2,1-3H3,(H,28,30)/b27-16+. The molecule has 0 spiro atoms. The smallest absolute Gasteiger partial charge is 0.277 e. The molecule has 0 saturated carbocycles. The normalized spacial score (nSPS) is 13.6. The maximum absolute atomic E-state index is 12.4. The zero-order chi connectivity index (χ0) is 24.3. The molecule has 0 aromatic heterocycles. The van der Waals surface area contributed by atoms with E-state index in [1.54, 1.807) is 18.2 Å². The van der Waals surface area contributed by atoms with Gasteiger partial charge in [0.05, 0.1) is 12.8 Å². The zero-order valence-corrected chi connectivity index (χ0v) is 20.1. The van der Waals surface area contributed by atoms with Gasteiger partial charge in [0.25, 0.3) is 11.8 Å². The molecule has 0 aliphatic carbocycles. The first-order chi connectivity index (χ1) is 16.4. The van der Waals surface area contributed by atoms with Gasteiger partial charge in [-0.1, -0.05) is 6.07 Å². The fourth-order valence-corrected chi connectivity index (χ4v) is 3.74. The van der Waals surface area contributed by atoms with Gasteiger partial charge in [0, 0.05) is 13.1 Å². The Hall–Kier alpha value is -3.55. The summed E-state index contributed by atoms with van der Waals surface area (Å²) in [5.41, 5.74) is 5.32. The van der Waals surface area contributed by atoms with Crippen LogP contribution in [-0.2, 0) is 9.59 Å². The van der Waals surface area contributed by atoms with Crippen LogP contribution in [0.4, 0.5) is 0 Å². The molecule has 0 radical (unpaired) electrons. The maximum Gasteiger partial charge on any atom is 0.277 e. The second kappa shape index (κ2) is 12.6. The molecule has 34 heavy (non-hydrogen) atoms. The van der Waals surface area contributed by atoms with Crippen LogP contribution in [0.25, 0.3) is 0 Å². The van der Waals surface area contributed by atoms with Crippen LogP contribution in [0, 0.1) is 13.8 Å². The lowest BCUT2D eigenvalue weighted by Crippen LogP contribution is -2.38. The second-order valence-electron chi connectivity index (χ2n) is 8.27. The highest BCUT2D eigenvalue weighted by Crippen LogP contribution is 2.28. The van der Waals surface area contributed by atoms with Crippen LogP contribution in [0.2, 0.25) is 0 Å². The predicted octanol–water partition coefficient (Wildman–Crippen LogP) is 3.62. The number of likely N-dealkylation sites (tertiary alicyclic amines) is 1. The lowest BCUT2D eigenvalue weighted by molar-refractivity contribution is -0.134. The van der Waals surface area contributed by atoms with Gasteiger partial charge in [-0.15, -0.1) is 0 Å². The minimum atomic E-state index is -0.364. The molecule has 1 saturated heterocycles. The summed E-state index contributed by atoms with van der Waals surface area (Å²) in [5, 5.41) is 3.99. The molecule has 1 aliphatic rings. The average Bonchev–Trinajstić information content (AvgIpc) is 2.82. The maximum atomic E-state index is 12.4. The van der Waals surface area contributed by atoms with E-state index in [0.717, 1.165) is 37.1 Å². The molecule has 2 aromatic rings. The number of carbonyl (C=O) groups is 2. The number of hydrogen-bond donors (Lipinski definition) is 1. The first-order valence-electron chi connectivity index (χ1n) is 11.6. The van der Waals surface area contributed by atoms with Gasteiger partial charge in [-0.2, -0.15) is 5.10 Å². The molecule has 1 aliphatic heterocycles. The topological polar surface area (TPSA) is 89.5 Å². The summed E-state index contributed by atoms with van der Waals surface area (Å²) in [6.07, 6.45) is 4.76. The van der Waals surface area contributed by atoms with Crippen LogP contribution >= 0.6 is 0 Å². The molecule has 2 amide bonds. The lowest BCUT2D eigenvalue weighted by Gasteiger charge is -2.26. The molecule has 2 aromatic carbocycles. The number of piperidine rings is 1. The van der Waals surface area contributed by atoms with Crippen molar-refractivity contribution in [2.24, 2.45) is 5.10 Å². The van der Waals surface area contributed by atoms with Gasteiger partial charge >= 0.3 is 0 Å². The second-order valence-corrected chi connectivity index (χ2v) is 8.27. The average molecular weight is 468 g/mol.